The summed E-state index contributed by atoms with van der Waals surface area (Å²) in [6.45, 7) is 11.0. The van der Waals surface area contributed by atoms with Gasteiger partial charge in [0.1, 0.15) is 5.69 Å². The van der Waals surface area contributed by atoms with E-state index in [1.807, 2.05) is 23.6 Å². The Morgan fingerprint density at radius 1 is 1.07 bits per heavy atom. The summed E-state index contributed by atoms with van der Waals surface area (Å²) >= 11 is 3.98. The van der Waals surface area contributed by atoms with E-state index in [1.165, 1.54) is 9.99 Å². The van der Waals surface area contributed by atoms with E-state index in [0.717, 1.165) is 90.5 Å². The van der Waals surface area contributed by atoms with Gasteiger partial charge < -0.3 is 23.8 Å². The minimum absolute atomic E-state index is 0.00979. The number of carbonyl (C=O) groups is 2. The van der Waals surface area contributed by atoms with Gasteiger partial charge in [0.2, 0.25) is 5.91 Å². The van der Waals surface area contributed by atoms with Gasteiger partial charge in [-0.05, 0) is 92.5 Å². The van der Waals surface area contributed by atoms with Gasteiger partial charge in [0.05, 0.1) is 18.9 Å². The molecule has 1 atom stereocenters. The fourth-order valence-electron chi connectivity index (χ4n) is 6.67. The number of aromatic nitrogens is 1. The Hall–Kier alpha value is -2.53. The molecule has 0 spiro atoms. The molecule has 0 bridgehead atoms. The minimum Gasteiger partial charge on any atom is -0.493 e. The molecule has 0 radical (unpaired) electrons. The number of carbonyl (C=O) groups excluding carboxylic acids is 2. The zero-order chi connectivity index (χ0) is 31.4. The van der Waals surface area contributed by atoms with E-state index in [1.54, 1.807) is 18.4 Å². The average molecular weight is 732 g/mol. The number of aryl methyl sites for hydroxylation is 1. The Bertz CT molecular complexity index is 1450. The molecule has 44 heavy (non-hydrogen) atoms. The molecule has 0 N–H and O–H groups in total. The number of piperidine rings is 1. The molecular weight excluding hydrogens is 685 g/mol. The quantitative estimate of drug-likeness (QED) is 0.175. The van der Waals surface area contributed by atoms with E-state index in [4.69, 9.17) is 9.47 Å². The first-order valence-corrected chi connectivity index (χ1v) is 18.5. The molecule has 2 amide bonds. The maximum absolute atomic E-state index is 14.4. The molecule has 2 aromatic heterocycles. The molecule has 1 aromatic carbocycles. The highest BCUT2D eigenvalue weighted by atomic mass is 127. The number of fused-ring (bicyclic) bond motifs is 3. The first-order valence-electron chi connectivity index (χ1n) is 16.1. The van der Waals surface area contributed by atoms with Crippen LogP contribution >= 0.6 is 33.9 Å². The summed E-state index contributed by atoms with van der Waals surface area (Å²) in [6.07, 6.45) is 5.85. The predicted octanol–water partition coefficient (Wildman–Crippen LogP) is 7.93. The van der Waals surface area contributed by atoms with Gasteiger partial charge in [0.15, 0.2) is 11.5 Å². The molecular formula is C35H46IN3O4S. The number of likely N-dealkylation sites (tertiary alicyclic amines) is 1. The van der Waals surface area contributed by atoms with E-state index in [-0.39, 0.29) is 29.9 Å². The van der Waals surface area contributed by atoms with Crippen molar-refractivity contribution in [2.45, 2.75) is 84.9 Å². The second-order valence-corrected chi connectivity index (χ2v) is 14.5. The molecule has 0 unspecified atom stereocenters. The molecule has 6 rings (SSSR count). The molecule has 1 saturated heterocycles. The normalized spacial score (nSPS) is 17.6. The zero-order valence-corrected chi connectivity index (χ0v) is 29.7. The Morgan fingerprint density at radius 3 is 2.45 bits per heavy atom. The maximum Gasteiger partial charge on any atom is 0.270 e. The van der Waals surface area contributed by atoms with Crippen LogP contribution in [0.15, 0.2) is 35.7 Å². The van der Waals surface area contributed by atoms with E-state index in [2.05, 4.69) is 76.7 Å². The van der Waals surface area contributed by atoms with Crippen LogP contribution < -0.4 is 9.47 Å². The molecule has 9 heteroatoms. The summed E-state index contributed by atoms with van der Waals surface area (Å²) in [5.41, 5.74) is 5.15. The average Bonchev–Trinajstić information content (AvgIpc) is 3.65. The molecule has 2 fully saturated rings. The summed E-state index contributed by atoms with van der Waals surface area (Å²) in [7, 11) is 1.68. The maximum atomic E-state index is 14.4. The number of hydrogen-bond donors (Lipinski definition) is 0. The van der Waals surface area contributed by atoms with Crippen LogP contribution in [0.2, 0.25) is 0 Å². The van der Waals surface area contributed by atoms with Gasteiger partial charge in [0, 0.05) is 54.1 Å². The number of amides is 2. The molecule has 3 aromatic rings. The summed E-state index contributed by atoms with van der Waals surface area (Å²) in [5.74, 6) is 1.98. The number of alkyl halides is 1. The third-order valence-corrected chi connectivity index (χ3v) is 9.82. The minimum atomic E-state index is 0.00979. The summed E-state index contributed by atoms with van der Waals surface area (Å²) in [4.78, 5) is 32.6. The fraction of sp³-hybridized carbons (Fsp3) is 0.543. The van der Waals surface area contributed by atoms with Gasteiger partial charge in [-0.2, -0.15) is 0 Å². The Morgan fingerprint density at radius 2 is 1.84 bits per heavy atom. The lowest BCUT2D eigenvalue weighted by Crippen LogP contribution is -2.53. The summed E-state index contributed by atoms with van der Waals surface area (Å²) < 4.78 is 15.3. The monoisotopic (exact) mass is 731 g/mol. The van der Waals surface area contributed by atoms with Crippen LogP contribution in [0.3, 0.4) is 0 Å². The van der Waals surface area contributed by atoms with Crippen molar-refractivity contribution < 1.29 is 19.1 Å². The standard InChI is InChI=1S/C33H41N3O4S.C2H5I/c1-5-35(24-11-7-14-34(20-24)32(37)22-9-6-10-22)33(38)27-18-26(30-12-8-16-41-30)31-25-19-29(40-21(2)3)28(39-4)17-23(25)13-15-36(27)31;1-2-3/h8,12,16-19,21-22,24H,5-7,9-11,13-15,20H2,1-4H3;2H2,1H3/t24-;/m1./s1. The number of halogens is 1. The number of ether oxygens (including phenoxy) is 2. The van der Waals surface area contributed by atoms with E-state index >= 15 is 0 Å². The smallest absolute Gasteiger partial charge is 0.270 e. The lowest BCUT2D eigenvalue weighted by atomic mass is 9.84. The van der Waals surface area contributed by atoms with Gasteiger partial charge in [0.25, 0.3) is 5.91 Å². The number of rotatable bonds is 8. The molecule has 1 saturated carbocycles. The SMILES string of the molecule is CCI.CCN(C(=O)c1cc(-c2cccs2)c2n1CCc1cc(OC)c(OC(C)C)cc1-2)[C@@H]1CCCN(C(=O)C2CCC2)C1. The summed E-state index contributed by atoms with van der Waals surface area (Å²) in [6, 6.07) is 10.5. The van der Waals surface area contributed by atoms with E-state index in [0.29, 0.717) is 13.1 Å². The van der Waals surface area contributed by atoms with Crippen molar-refractivity contribution in [2.75, 3.05) is 31.2 Å². The first kappa shape index (κ1) is 32.9. The highest BCUT2D eigenvalue weighted by molar-refractivity contribution is 14.1. The Labute approximate surface area is 280 Å². The molecule has 7 nitrogen and oxygen atoms in total. The number of methoxy groups -OCH3 is 1. The summed E-state index contributed by atoms with van der Waals surface area (Å²) in [5, 5.41) is 2.08. The van der Waals surface area contributed by atoms with Gasteiger partial charge >= 0.3 is 0 Å². The molecule has 238 valence electrons. The van der Waals surface area contributed by atoms with Crippen LogP contribution in [0.1, 0.15) is 75.9 Å². The predicted molar refractivity (Wildman–Crippen MR) is 187 cm³/mol. The van der Waals surface area contributed by atoms with Crippen molar-refractivity contribution in [2.24, 2.45) is 5.92 Å². The number of hydrogen-bond acceptors (Lipinski definition) is 5. The van der Waals surface area contributed by atoms with Crippen LogP contribution in [0.5, 0.6) is 11.5 Å². The van der Waals surface area contributed by atoms with Crippen LogP contribution in [0.25, 0.3) is 21.7 Å². The lowest BCUT2D eigenvalue weighted by molar-refractivity contribution is -0.140. The molecule has 2 aliphatic heterocycles. The lowest BCUT2D eigenvalue weighted by Gasteiger charge is -2.41. The number of nitrogens with zero attached hydrogens (tertiary/aromatic N) is 3. The van der Waals surface area contributed by atoms with Crippen LogP contribution in [0.4, 0.5) is 0 Å². The molecule has 4 heterocycles. The van der Waals surface area contributed by atoms with Crippen molar-refractivity contribution in [3.05, 3.63) is 47.0 Å². The van der Waals surface area contributed by atoms with Crippen molar-refractivity contribution in [1.29, 1.82) is 0 Å². The number of thiophene rings is 1. The van der Waals surface area contributed by atoms with E-state index < -0.39 is 0 Å². The van der Waals surface area contributed by atoms with E-state index in [9.17, 15) is 9.59 Å². The van der Waals surface area contributed by atoms with Gasteiger partial charge in [-0.15, -0.1) is 11.3 Å². The first-order chi connectivity index (χ1) is 21.3. The zero-order valence-electron chi connectivity index (χ0n) is 26.7. The third kappa shape index (κ3) is 6.69. The topological polar surface area (TPSA) is 64.0 Å². The van der Waals surface area contributed by atoms with Gasteiger partial charge in [-0.1, -0.05) is 42.0 Å². The third-order valence-electron chi connectivity index (χ3n) is 8.92. The number of likely N-dealkylation sites (N-methyl/N-ethyl adjacent to an activating group) is 1. The van der Waals surface area contributed by atoms with Crippen molar-refractivity contribution in [3.8, 4) is 33.2 Å². The van der Waals surface area contributed by atoms with Crippen LogP contribution in [-0.2, 0) is 17.8 Å². The number of benzene rings is 1. The van der Waals surface area contributed by atoms with Gasteiger partial charge in [-0.3, -0.25) is 9.59 Å². The second-order valence-electron chi connectivity index (χ2n) is 12.1. The van der Waals surface area contributed by atoms with Crippen molar-refractivity contribution in [1.82, 2.24) is 14.4 Å². The fourth-order valence-corrected chi connectivity index (χ4v) is 7.42. The van der Waals surface area contributed by atoms with Crippen molar-refractivity contribution >= 4 is 45.7 Å². The van der Waals surface area contributed by atoms with Gasteiger partial charge in [-0.25, -0.2) is 0 Å². The largest absolute Gasteiger partial charge is 0.493 e. The van der Waals surface area contributed by atoms with Crippen LogP contribution in [0, 0.1) is 5.92 Å². The second kappa shape index (κ2) is 14.7. The Balaban J connectivity index is 0.00000123. The highest BCUT2D eigenvalue weighted by Gasteiger charge is 2.36. The Kier molecular flexibility index (Phi) is 11.0. The molecule has 1 aliphatic carbocycles. The van der Waals surface area contributed by atoms with Crippen molar-refractivity contribution in [3.63, 3.8) is 0 Å². The van der Waals surface area contributed by atoms with Crippen LogP contribution in [-0.4, -0.2) is 69.5 Å². The highest BCUT2D eigenvalue weighted by Crippen LogP contribution is 2.45. The molecule has 3 aliphatic rings.